The van der Waals surface area contributed by atoms with E-state index in [-0.39, 0.29) is 11.9 Å². The topological polar surface area (TPSA) is 55.1 Å². The summed E-state index contributed by atoms with van der Waals surface area (Å²) in [5, 5.41) is 3.02. The third-order valence-electron chi connectivity index (χ3n) is 2.85. The first-order chi connectivity index (χ1) is 6.61. The lowest BCUT2D eigenvalue weighted by Gasteiger charge is -2.33. The standard InChI is InChI=1S/C11H22N2O/c1-3-4-9(12)7-11(14)13-10-5-8(2)6-10/h8-10H,3-7,12H2,1-2H3,(H,13,14). The molecule has 3 N–H and O–H groups in total. The van der Waals surface area contributed by atoms with E-state index in [0.29, 0.717) is 12.5 Å². The molecule has 3 heteroatoms. The summed E-state index contributed by atoms with van der Waals surface area (Å²) in [4.78, 5) is 11.4. The molecule has 82 valence electrons. The van der Waals surface area contributed by atoms with E-state index in [1.807, 2.05) is 0 Å². The summed E-state index contributed by atoms with van der Waals surface area (Å²) in [5.74, 6) is 0.910. The molecular formula is C11H22N2O. The fraction of sp³-hybridized carbons (Fsp3) is 0.909. The maximum Gasteiger partial charge on any atom is 0.221 e. The summed E-state index contributed by atoms with van der Waals surface area (Å²) < 4.78 is 0. The van der Waals surface area contributed by atoms with Gasteiger partial charge in [-0.3, -0.25) is 4.79 Å². The van der Waals surface area contributed by atoms with Crippen molar-refractivity contribution in [3.63, 3.8) is 0 Å². The largest absolute Gasteiger partial charge is 0.353 e. The van der Waals surface area contributed by atoms with Gasteiger partial charge >= 0.3 is 0 Å². The predicted octanol–water partition coefficient (Wildman–Crippen LogP) is 1.42. The number of amides is 1. The lowest BCUT2D eigenvalue weighted by molar-refractivity contribution is -0.122. The lowest BCUT2D eigenvalue weighted by atomic mass is 9.82. The minimum Gasteiger partial charge on any atom is -0.353 e. The Bertz CT molecular complexity index is 179. The van der Waals surface area contributed by atoms with Crippen LogP contribution in [0.15, 0.2) is 0 Å². The van der Waals surface area contributed by atoms with Crippen molar-refractivity contribution in [3.8, 4) is 0 Å². The Hall–Kier alpha value is -0.570. The second-order valence-corrected chi connectivity index (χ2v) is 4.59. The smallest absolute Gasteiger partial charge is 0.221 e. The molecule has 0 aromatic heterocycles. The van der Waals surface area contributed by atoms with E-state index >= 15 is 0 Å². The summed E-state index contributed by atoms with van der Waals surface area (Å²) in [5.41, 5.74) is 5.79. The van der Waals surface area contributed by atoms with Gasteiger partial charge in [0.2, 0.25) is 5.91 Å². The van der Waals surface area contributed by atoms with Crippen LogP contribution < -0.4 is 11.1 Å². The van der Waals surface area contributed by atoms with Crippen molar-refractivity contribution in [2.45, 2.75) is 58.0 Å². The van der Waals surface area contributed by atoms with Crippen molar-refractivity contribution in [2.75, 3.05) is 0 Å². The number of hydrogen-bond donors (Lipinski definition) is 2. The van der Waals surface area contributed by atoms with Gasteiger partial charge in [0.15, 0.2) is 0 Å². The number of hydrogen-bond acceptors (Lipinski definition) is 2. The minimum atomic E-state index is 0.0394. The summed E-state index contributed by atoms with van der Waals surface area (Å²) in [7, 11) is 0. The molecule has 3 nitrogen and oxygen atoms in total. The van der Waals surface area contributed by atoms with E-state index in [2.05, 4.69) is 19.2 Å². The average molecular weight is 198 g/mol. The molecule has 0 aromatic rings. The van der Waals surface area contributed by atoms with Crippen molar-refractivity contribution >= 4 is 5.91 Å². The molecule has 1 amide bonds. The number of carbonyl (C=O) groups excluding carboxylic acids is 1. The maximum absolute atomic E-state index is 11.4. The van der Waals surface area contributed by atoms with Crippen LogP contribution in [0.1, 0.15) is 46.0 Å². The molecule has 0 radical (unpaired) electrons. The van der Waals surface area contributed by atoms with Gasteiger partial charge in [-0.05, 0) is 25.2 Å². The number of nitrogens with two attached hydrogens (primary N) is 1. The SMILES string of the molecule is CCCC(N)CC(=O)NC1CC(C)C1. The number of carbonyl (C=O) groups is 1. The average Bonchev–Trinajstić information content (AvgIpc) is 2.01. The van der Waals surface area contributed by atoms with Gasteiger partial charge in [0.05, 0.1) is 0 Å². The van der Waals surface area contributed by atoms with Crippen LogP contribution in [0.3, 0.4) is 0 Å². The summed E-state index contributed by atoms with van der Waals surface area (Å²) in [6.07, 6.45) is 4.74. The van der Waals surface area contributed by atoms with Crippen LogP contribution in [0, 0.1) is 5.92 Å². The first kappa shape index (κ1) is 11.5. The van der Waals surface area contributed by atoms with Gasteiger partial charge in [0, 0.05) is 18.5 Å². The summed E-state index contributed by atoms with van der Waals surface area (Å²) in [6, 6.07) is 0.462. The monoisotopic (exact) mass is 198 g/mol. The van der Waals surface area contributed by atoms with Gasteiger partial charge in [0.1, 0.15) is 0 Å². The van der Waals surface area contributed by atoms with Crippen molar-refractivity contribution < 1.29 is 4.79 Å². The maximum atomic E-state index is 11.4. The molecule has 1 rings (SSSR count). The number of nitrogens with one attached hydrogen (secondary N) is 1. The highest BCUT2D eigenvalue weighted by molar-refractivity contribution is 5.76. The molecule has 1 fully saturated rings. The predicted molar refractivity (Wildman–Crippen MR) is 57.8 cm³/mol. The molecule has 0 saturated heterocycles. The first-order valence-corrected chi connectivity index (χ1v) is 5.66. The molecule has 0 bridgehead atoms. The van der Waals surface area contributed by atoms with Gasteiger partial charge in [-0.25, -0.2) is 0 Å². The van der Waals surface area contributed by atoms with Gasteiger partial charge in [-0.15, -0.1) is 0 Å². The Balaban J connectivity index is 2.09. The minimum absolute atomic E-state index is 0.0394. The van der Waals surface area contributed by atoms with Crippen molar-refractivity contribution in [3.05, 3.63) is 0 Å². The Labute approximate surface area is 86.4 Å². The van der Waals surface area contributed by atoms with Crippen LogP contribution in [-0.4, -0.2) is 18.0 Å². The van der Waals surface area contributed by atoms with Crippen molar-refractivity contribution in [2.24, 2.45) is 11.7 Å². The molecule has 0 aromatic carbocycles. The first-order valence-electron chi connectivity index (χ1n) is 5.66. The van der Waals surface area contributed by atoms with Crippen molar-refractivity contribution in [1.29, 1.82) is 0 Å². The molecule has 1 aliphatic rings. The highest BCUT2D eigenvalue weighted by Crippen LogP contribution is 2.26. The van der Waals surface area contributed by atoms with E-state index < -0.39 is 0 Å². The third kappa shape index (κ3) is 3.66. The highest BCUT2D eigenvalue weighted by atomic mass is 16.1. The Morgan fingerprint density at radius 3 is 2.71 bits per heavy atom. The molecule has 1 aliphatic carbocycles. The second-order valence-electron chi connectivity index (χ2n) is 4.59. The highest BCUT2D eigenvalue weighted by Gasteiger charge is 2.26. The zero-order chi connectivity index (χ0) is 10.6. The van der Waals surface area contributed by atoms with Crippen LogP contribution in [0.25, 0.3) is 0 Å². The van der Waals surface area contributed by atoms with E-state index in [0.717, 1.165) is 31.6 Å². The second kappa shape index (κ2) is 5.35. The summed E-state index contributed by atoms with van der Waals surface area (Å²) >= 11 is 0. The Morgan fingerprint density at radius 1 is 1.57 bits per heavy atom. The Morgan fingerprint density at radius 2 is 2.21 bits per heavy atom. The molecule has 1 unspecified atom stereocenters. The van der Waals surface area contributed by atoms with Gasteiger partial charge in [-0.1, -0.05) is 20.3 Å². The quantitative estimate of drug-likeness (QED) is 0.702. The van der Waals surface area contributed by atoms with E-state index in [1.165, 1.54) is 0 Å². The molecule has 1 atom stereocenters. The van der Waals surface area contributed by atoms with Crippen LogP contribution in [0.4, 0.5) is 0 Å². The van der Waals surface area contributed by atoms with Gasteiger partial charge in [-0.2, -0.15) is 0 Å². The zero-order valence-electron chi connectivity index (χ0n) is 9.25. The molecule has 14 heavy (non-hydrogen) atoms. The van der Waals surface area contributed by atoms with Crippen molar-refractivity contribution in [1.82, 2.24) is 5.32 Å². The van der Waals surface area contributed by atoms with Crippen LogP contribution >= 0.6 is 0 Å². The van der Waals surface area contributed by atoms with E-state index in [9.17, 15) is 4.79 Å². The van der Waals surface area contributed by atoms with E-state index in [4.69, 9.17) is 5.73 Å². The Kier molecular flexibility index (Phi) is 4.39. The van der Waals surface area contributed by atoms with Crippen LogP contribution in [-0.2, 0) is 4.79 Å². The zero-order valence-corrected chi connectivity index (χ0v) is 9.25. The molecule has 0 aliphatic heterocycles. The van der Waals surface area contributed by atoms with Crippen LogP contribution in [0.2, 0.25) is 0 Å². The van der Waals surface area contributed by atoms with Gasteiger partial charge < -0.3 is 11.1 Å². The number of rotatable bonds is 5. The van der Waals surface area contributed by atoms with E-state index in [1.54, 1.807) is 0 Å². The third-order valence-corrected chi connectivity index (χ3v) is 2.85. The molecule has 1 saturated carbocycles. The normalized spacial score (nSPS) is 27.9. The van der Waals surface area contributed by atoms with Gasteiger partial charge in [0.25, 0.3) is 0 Å². The van der Waals surface area contributed by atoms with Crippen LogP contribution in [0.5, 0.6) is 0 Å². The fourth-order valence-corrected chi connectivity index (χ4v) is 2.02. The fourth-order valence-electron chi connectivity index (χ4n) is 2.02. The molecule has 0 spiro atoms. The molecule has 0 heterocycles. The lowest BCUT2D eigenvalue weighted by Crippen LogP contribution is -2.44. The summed E-state index contributed by atoms with van der Waals surface area (Å²) in [6.45, 7) is 4.30. The molecular weight excluding hydrogens is 176 g/mol.